The van der Waals surface area contributed by atoms with Gasteiger partial charge in [-0.25, -0.2) is 4.79 Å². The summed E-state index contributed by atoms with van der Waals surface area (Å²) in [5.41, 5.74) is 12.5. The summed E-state index contributed by atoms with van der Waals surface area (Å²) in [6.07, 6.45) is 0. The third-order valence-electron chi connectivity index (χ3n) is 1.93. The molecule has 2 aromatic carbocycles. The van der Waals surface area contributed by atoms with E-state index in [1.165, 1.54) is 0 Å². The van der Waals surface area contributed by atoms with Gasteiger partial charge >= 0.3 is 5.97 Å². The molecule has 5 N–H and O–H groups in total. The van der Waals surface area contributed by atoms with Crippen LogP contribution in [0.2, 0.25) is 0 Å². The van der Waals surface area contributed by atoms with Crippen LogP contribution in [0.15, 0.2) is 54.6 Å². The molecule has 0 aromatic heterocycles. The number of anilines is 2. The van der Waals surface area contributed by atoms with Crippen molar-refractivity contribution >= 4 is 17.3 Å². The first-order valence-electron chi connectivity index (χ1n) is 4.99. The van der Waals surface area contributed by atoms with Crippen LogP contribution in [0.4, 0.5) is 11.4 Å². The van der Waals surface area contributed by atoms with Crippen LogP contribution in [-0.4, -0.2) is 11.1 Å². The van der Waals surface area contributed by atoms with Gasteiger partial charge in [-0.1, -0.05) is 24.3 Å². The second-order valence-electron chi connectivity index (χ2n) is 3.34. The Balaban J connectivity index is 0.000000171. The first kappa shape index (κ1) is 12.6. The van der Waals surface area contributed by atoms with Crippen molar-refractivity contribution in [1.29, 1.82) is 0 Å². The number of rotatable bonds is 1. The first-order valence-corrected chi connectivity index (χ1v) is 4.99. The summed E-state index contributed by atoms with van der Waals surface area (Å²) in [4.78, 5) is 10.2. The van der Waals surface area contributed by atoms with Gasteiger partial charge in [0.05, 0.1) is 5.56 Å². The minimum Gasteiger partial charge on any atom is -0.478 e. The molecule has 0 aliphatic rings. The van der Waals surface area contributed by atoms with Gasteiger partial charge in [-0.2, -0.15) is 0 Å². The van der Waals surface area contributed by atoms with Gasteiger partial charge in [-0.05, 0) is 30.3 Å². The van der Waals surface area contributed by atoms with Crippen LogP contribution in [-0.2, 0) is 0 Å². The van der Waals surface area contributed by atoms with E-state index >= 15 is 0 Å². The Morgan fingerprint density at radius 3 is 1.71 bits per heavy atom. The quantitative estimate of drug-likeness (QED) is 0.655. The monoisotopic (exact) mass is 230 g/mol. The average Bonchev–Trinajstić information content (AvgIpc) is 2.30. The van der Waals surface area contributed by atoms with Crippen LogP contribution in [0.1, 0.15) is 10.4 Å². The molecule has 0 amide bonds. The number of carboxylic acids is 1. The van der Waals surface area contributed by atoms with E-state index < -0.39 is 5.97 Å². The predicted molar refractivity (Wildman–Crippen MR) is 68.7 cm³/mol. The molecule has 4 nitrogen and oxygen atoms in total. The fourth-order valence-corrected chi connectivity index (χ4v) is 1.14. The molecule has 0 fully saturated rings. The average molecular weight is 230 g/mol. The maximum absolute atomic E-state index is 10.2. The Hall–Kier alpha value is -2.49. The third-order valence-corrected chi connectivity index (χ3v) is 1.93. The normalized spacial score (nSPS) is 8.94. The molecular weight excluding hydrogens is 216 g/mol. The molecule has 0 unspecified atom stereocenters. The van der Waals surface area contributed by atoms with Crippen molar-refractivity contribution in [1.82, 2.24) is 0 Å². The highest BCUT2D eigenvalue weighted by molar-refractivity contribution is 5.87. The van der Waals surface area contributed by atoms with Crippen molar-refractivity contribution in [2.75, 3.05) is 11.5 Å². The lowest BCUT2D eigenvalue weighted by Crippen LogP contribution is -1.93. The molecule has 2 aromatic rings. The van der Waals surface area contributed by atoms with Gasteiger partial charge in [-0.3, -0.25) is 0 Å². The van der Waals surface area contributed by atoms with Crippen LogP contribution in [0.25, 0.3) is 0 Å². The zero-order chi connectivity index (χ0) is 12.7. The molecule has 0 saturated heterocycles. The predicted octanol–water partition coefficient (Wildman–Crippen LogP) is 2.24. The number of carbonyl (C=O) groups is 1. The summed E-state index contributed by atoms with van der Waals surface area (Å²) in [7, 11) is 0. The summed E-state index contributed by atoms with van der Waals surface area (Å²) in [5, 5.41) is 8.38. The van der Waals surface area contributed by atoms with Gasteiger partial charge in [0.1, 0.15) is 0 Å². The highest BCUT2D eigenvalue weighted by atomic mass is 16.4. The minimum atomic E-state index is -0.879. The summed E-state index contributed by atoms with van der Waals surface area (Å²) >= 11 is 0. The molecule has 0 heterocycles. The fraction of sp³-hybridized carbons (Fsp3) is 0. The molecule has 17 heavy (non-hydrogen) atoms. The molecule has 0 aliphatic heterocycles. The lowest BCUT2D eigenvalue weighted by Gasteiger charge is -1.91. The summed E-state index contributed by atoms with van der Waals surface area (Å²) < 4.78 is 0. The number of hydrogen-bond donors (Lipinski definition) is 3. The minimum absolute atomic E-state index is 0.331. The van der Waals surface area contributed by atoms with Crippen molar-refractivity contribution < 1.29 is 9.90 Å². The number of carboxylic acid groups (broad SMARTS) is 1. The number of hydrogen-bond acceptors (Lipinski definition) is 3. The second-order valence-corrected chi connectivity index (χ2v) is 3.34. The molecule has 0 aliphatic carbocycles. The van der Waals surface area contributed by atoms with E-state index in [-0.39, 0.29) is 0 Å². The molecule has 0 bridgehead atoms. The highest BCUT2D eigenvalue weighted by Gasteiger charge is 1.96. The van der Waals surface area contributed by atoms with E-state index in [2.05, 4.69) is 0 Å². The van der Waals surface area contributed by atoms with Gasteiger partial charge in [-0.15, -0.1) is 0 Å². The summed E-state index contributed by atoms with van der Waals surface area (Å²) in [6, 6.07) is 15.4. The van der Waals surface area contributed by atoms with E-state index in [9.17, 15) is 4.79 Å². The highest BCUT2D eigenvalue weighted by Crippen LogP contribution is 2.06. The van der Waals surface area contributed by atoms with Gasteiger partial charge in [0, 0.05) is 11.4 Å². The Labute approximate surface area is 99.5 Å². The molecule has 0 atom stereocenters. The number of nitrogens with two attached hydrogens (primary N) is 2. The molecule has 0 radical (unpaired) electrons. The Bertz CT molecular complexity index is 467. The molecular formula is C13H14N2O2. The summed E-state index contributed by atoms with van der Waals surface area (Å²) in [6.45, 7) is 0. The number of aromatic carboxylic acids is 1. The Morgan fingerprint density at radius 1 is 0.882 bits per heavy atom. The molecule has 0 saturated carbocycles. The van der Waals surface area contributed by atoms with Crippen LogP contribution in [0.3, 0.4) is 0 Å². The fourth-order valence-electron chi connectivity index (χ4n) is 1.14. The van der Waals surface area contributed by atoms with Crippen LogP contribution >= 0.6 is 0 Å². The lowest BCUT2D eigenvalue weighted by atomic mass is 10.2. The van der Waals surface area contributed by atoms with E-state index in [4.69, 9.17) is 16.6 Å². The third kappa shape index (κ3) is 4.70. The van der Waals surface area contributed by atoms with E-state index in [0.29, 0.717) is 16.9 Å². The van der Waals surface area contributed by atoms with Crippen molar-refractivity contribution in [2.45, 2.75) is 0 Å². The van der Waals surface area contributed by atoms with Crippen LogP contribution in [0, 0.1) is 0 Å². The van der Waals surface area contributed by atoms with Crippen LogP contribution < -0.4 is 11.5 Å². The van der Waals surface area contributed by atoms with E-state index in [1.807, 2.05) is 6.07 Å². The Morgan fingerprint density at radius 2 is 1.41 bits per heavy atom. The first-order chi connectivity index (χ1) is 8.09. The van der Waals surface area contributed by atoms with E-state index in [0.717, 1.165) is 0 Å². The maximum Gasteiger partial charge on any atom is 0.335 e. The smallest absolute Gasteiger partial charge is 0.335 e. The number of benzene rings is 2. The molecule has 88 valence electrons. The lowest BCUT2D eigenvalue weighted by molar-refractivity contribution is 0.0697. The largest absolute Gasteiger partial charge is 0.478 e. The van der Waals surface area contributed by atoms with Crippen molar-refractivity contribution in [3.63, 3.8) is 0 Å². The molecule has 0 spiro atoms. The van der Waals surface area contributed by atoms with Crippen molar-refractivity contribution in [2.24, 2.45) is 0 Å². The second kappa shape index (κ2) is 6.17. The SMILES string of the molecule is Nc1cccc(N)c1.O=C(O)c1ccccc1. The van der Waals surface area contributed by atoms with Gasteiger partial charge < -0.3 is 16.6 Å². The van der Waals surface area contributed by atoms with Crippen molar-refractivity contribution in [3.8, 4) is 0 Å². The summed E-state index contributed by atoms with van der Waals surface area (Å²) in [5.74, 6) is -0.879. The van der Waals surface area contributed by atoms with Gasteiger partial charge in [0.15, 0.2) is 0 Å². The standard InChI is InChI=1S/C7H6O2.C6H8N2/c8-7(9)6-4-2-1-3-5-6;7-5-2-1-3-6(8)4-5/h1-5H,(H,8,9);1-4H,7-8H2. The Kier molecular flexibility index (Phi) is 4.57. The van der Waals surface area contributed by atoms with Crippen molar-refractivity contribution in [3.05, 3.63) is 60.2 Å². The zero-order valence-corrected chi connectivity index (χ0v) is 9.21. The van der Waals surface area contributed by atoms with Gasteiger partial charge in [0.25, 0.3) is 0 Å². The maximum atomic E-state index is 10.2. The van der Waals surface area contributed by atoms with E-state index in [1.54, 1.807) is 48.5 Å². The van der Waals surface area contributed by atoms with Crippen LogP contribution in [0.5, 0.6) is 0 Å². The topological polar surface area (TPSA) is 89.3 Å². The van der Waals surface area contributed by atoms with Gasteiger partial charge in [0.2, 0.25) is 0 Å². The molecule has 2 rings (SSSR count). The zero-order valence-electron chi connectivity index (χ0n) is 9.21. The number of nitrogen functional groups attached to an aromatic ring is 2. The molecule has 4 heteroatoms.